The average Bonchev–Trinajstić information content (AvgIpc) is 2.37. The molecule has 1 aromatic carbocycles. The molecule has 0 bridgehead atoms. The second-order valence-corrected chi connectivity index (χ2v) is 3.41. The van der Waals surface area contributed by atoms with Gasteiger partial charge in [0.05, 0.1) is 18.2 Å². The van der Waals surface area contributed by atoms with E-state index in [2.05, 4.69) is 11.4 Å². The predicted octanol–water partition coefficient (Wildman–Crippen LogP) is 2.37. The Kier molecular flexibility index (Phi) is 6.08. The van der Waals surface area contributed by atoms with Crippen LogP contribution >= 0.6 is 0 Å². The Bertz CT molecular complexity index is 351. The highest BCUT2D eigenvalue weighted by atomic mass is 16.7. The van der Waals surface area contributed by atoms with E-state index < -0.39 is 0 Å². The van der Waals surface area contributed by atoms with Gasteiger partial charge in [-0.25, -0.2) is 0 Å². The third-order valence-electron chi connectivity index (χ3n) is 2.19. The summed E-state index contributed by atoms with van der Waals surface area (Å²) in [5.74, 6) is 0. The fraction of sp³-hybridized carbons (Fsp3) is 0.462. The zero-order valence-electron chi connectivity index (χ0n) is 10.3. The molecule has 0 fully saturated rings. The van der Waals surface area contributed by atoms with Crippen molar-refractivity contribution in [3.05, 3.63) is 29.8 Å². The summed E-state index contributed by atoms with van der Waals surface area (Å²) in [5.41, 5.74) is 1.61. The quantitative estimate of drug-likeness (QED) is 0.736. The highest BCUT2D eigenvalue weighted by Crippen LogP contribution is 2.09. The van der Waals surface area contributed by atoms with Crippen LogP contribution in [0.15, 0.2) is 24.3 Å². The number of benzene rings is 1. The lowest BCUT2D eigenvalue weighted by molar-refractivity contribution is -0.126. The molecule has 0 aromatic heterocycles. The van der Waals surface area contributed by atoms with Gasteiger partial charge in [0.15, 0.2) is 6.29 Å². The van der Waals surface area contributed by atoms with Crippen LogP contribution < -0.4 is 5.32 Å². The maximum atomic E-state index is 8.68. The molecule has 0 unspecified atom stereocenters. The molecule has 0 radical (unpaired) electrons. The van der Waals surface area contributed by atoms with Crippen molar-refractivity contribution in [2.45, 2.75) is 20.1 Å². The molecule has 0 aliphatic rings. The number of anilines is 1. The molecule has 92 valence electrons. The van der Waals surface area contributed by atoms with E-state index in [0.717, 1.165) is 5.69 Å². The van der Waals surface area contributed by atoms with E-state index >= 15 is 0 Å². The molecule has 0 spiro atoms. The van der Waals surface area contributed by atoms with E-state index in [1.807, 2.05) is 26.0 Å². The normalized spacial score (nSPS) is 10.2. The standard InChI is InChI=1S/C13H18N2O2/c1-3-16-13(17-4-2)10-15-12-7-5-11(9-14)6-8-12/h5-8,13,15H,3-4,10H2,1-2H3. The Labute approximate surface area is 102 Å². The number of rotatable bonds is 7. The van der Waals surface area contributed by atoms with Crippen LogP contribution in [0.1, 0.15) is 19.4 Å². The fourth-order valence-corrected chi connectivity index (χ4v) is 1.40. The molecule has 4 nitrogen and oxygen atoms in total. The molecular weight excluding hydrogens is 216 g/mol. The third-order valence-corrected chi connectivity index (χ3v) is 2.19. The first-order valence-corrected chi connectivity index (χ1v) is 5.77. The predicted molar refractivity (Wildman–Crippen MR) is 66.7 cm³/mol. The summed E-state index contributed by atoms with van der Waals surface area (Å²) in [7, 11) is 0. The summed E-state index contributed by atoms with van der Waals surface area (Å²) >= 11 is 0. The molecule has 17 heavy (non-hydrogen) atoms. The summed E-state index contributed by atoms with van der Waals surface area (Å²) in [4.78, 5) is 0. The van der Waals surface area contributed by atoms with Gasteiger partial charge >= 0.3 is 0 Å². The van der Waals surface area contributed by atoms with Crippen molar-refractivity contribution in [1.82, 2.24) is 0 Å². The number of hydrogen-bond acceptors (Lipinski definition) is 4. The summed E-state index contributed by atoms with van der Waals surface area (Å²) in [6.45, 7) is 5.72. The van der Waals surface area contributed by atoms with Crippen LogP contribution in [0.4, 0.5) is 5.69 Å². The lowest BCUT2D eigenvalue weighted by Gasteiger charge is -2.18. The number of hydrogen-bond donors (Lipinski definition) is 1. The van der Waals surface area contributed by atoms with Gasteiger partial charge in [0.25, 0.3) is 0 Å². The molecule has 0 aliphatic heterocycles. The first-order valence-electron chi connectivity index (χ1n) is 5.77. The van der Waals surface area contributed by atoms with Gasteiger partial charge in [-0.15, -0.1) is 0 Å². The number of nitrogens with zero attached hydrogens (tertiary/aromatic N) is 1. The zero-order valence-corrected chi connectivity index (χ0v) is 10.3. The van der Waals surface area contributed by atoms with Gasteiger partial charge < -0.3 is 14.8 Å². The van der Waals surface area contributed by atoms with E-state index in [0.29, 0.717) is 25.3 Å². The Morgan fingerprint density at radius 3 is 2.24 bits per heavy atom. The third kappa shape index (κ3) is 4.85. The lowest BCUT2D eigenvalue weighted by Crippen LogP contribution is -2.26. The van der Waals surface area contributed by atoms with E-state index in [1.54, 1.807) is 12.1 Å². The number of nitriles is 1. The molecule has 1 aromatic rings. The van der Waals surface area contributed by atoms with Crippen molar-refractivity contribution >= 4 is 5.69 Å². The topological polar surface area (TPSA) is 54.3 Å². The van der Waals surface area contributed by atoms with Crippen LogP contribution in [0.3, 0.4) is 0 Å². The summed E-state index contributed by atoms with van der Waals surface area (Å²) in [5, 5.41) is 11.9. The Morgan fingerprint density at radius 2 is 1.76 bits per heavy atom. The van der Waals surface area contributed by atoms with Crippen molar-refractivity contribution in [3.63, 3.8) is 0 Å². The van der Waals surface area contributed by atoms with E-state index in [-0.39, 0.29) is 6.29 Å². The first-order chi connectivity index (χ1) is 8.30. The van der Waals surface area contributed by atoms with E-state index in [9.17, 15) is 0 Å². The van der Waals surface area contributed by atoms with Crippen molar-refractivity contribution in [3.8, 4) is 6.07 Å². The smallest absolute Gasteiger partial charge is 0.174 e. The Hall–Kier alpha value is -1.57. The largest absolute Gasteiger partial charge is 0.380 e. The van der Waals surface area contributed by atoms with Gasteiger partial charge in [-0.05, 0) is 38.1 Å². The number of nitrogens with one attached hydrogen (secondary N) is 1. The molecule has 1 rings (SSSR count). The van der Waals surface area contributed by atoms with Crippen molar-refractivity contribution in [1.29, 1.82) is 5.26 Å². The van der Waals surface area contributed by atoms with Crippen molar-refractivity contribution in [2.75, 3.05) is 25.1 Å². The molecule has 0 heterocycles. The van der Waals surface area contributed by atoms with Gasteiger partial charge in [0, 0.05) is 18.9 Å². The van der Waals surface area contributed by atoms with Crippen LogP contribution in [0.2, 0.25) is 0 Å². The molecule has 4 heteroatoms. The monoisotopic (exact) mass is 234 g/mol. The van der Waals surface area contributed by atoms with Crippen molar-refractivity contribution < 1.29 is 9.47 Å². The second-order valence-electron chi connectivity index (χ2n) is 3.41. The van der Waals surface area contributed by atoms with Gasteiger partial charge in [0.1, 0.15) is 0 Å². The minimum atomic E-state index is -0.236. The van der Waals surface area contributed by atoms with Crippen LogP contribution in [0, 0.1) is 11.3 Å². The lowest BCUT2D eigenvalue weighted by atomic mass is 10.2. The van der Waals surface area contributed by atoms with Crippen LogP contribution in [0.25, 0.3) is 0 Å². The maximum absolute atomic E-state index is 8.68. The first kappa shape index (κ1) is 13.5. The van der Waals surface area contributed by atoms with Gasteiger partial charge in [0.2, 0.25) is 0 Å². The minimum Gasteiger partial charge on any atom is -0.380 e. The summed E-state index contributed by atoms with van der Waals surface area (Å²) < 4.78 is 10.8. The number of ether oxygens (including phenoxy) is 2. The molecule has 0 saturated heterocycles. The minimum absolute atomic E-state index is 0.236. The highest BCUT2D eigenvalue weighted by Gasteiger charge is 2.06. The SMILES string of the molecule is CCOC(CNc1ccc(C#N)cc1)OCC. The Balaban J connectivity index is 2.44. The summed E-state index contributed by atoms with van der Waals surface area (Å²) in [6.07, 6.45) is -0.236. The molecule has 0 atom stereocenters. The second kappa shape index (κ2) is 7.66. The fourth-order valence-electron chi connectivity index (χ4n) is 1.40. The van der Waals surface area contributed by atoms with Gasteiger partial charge in [-0.2, -0.15) is 5.26 Å². The van der Waals surface area contributed by atoms with Crippen molar-refractivity contribution in [2.24, 2.45) is 0 Å². The van der Waals surface area contributed by atoms with Crippen LogP contribution in [-0.2, 0) is 9.47 Å². The van der Waals surface area contributed by atoms with Crippen LogP contribution in [0.5, 0.6) is 0 Å². The molecule has 0 aliphatic carbocycles. The molecule has 1 N–H and O–H groups in total. The van der Waals surface area contributed by atoms with Gasteiger partial charge in [-0.1, -0.05) is 0 Å². The van der Waals surface area contributed by atoms with Gasteiger partial charge in [-0.3, -0.25) is 0 Å². The highest BCUT2D eigenvalue weighted by molar-refractivity contribution is 5.47. The molecule has 0 saturated carbocycles. The van der Waals surface area contributed by atoms with E-state index in [1.165, 1.54) is 0 Å². The molecule has 0 amide bonds. The van der Waals surface area contributed by atoms with E-state index in [4.69, 9.17) is 14.7 Å². The van der Waals surface area contributed by atoms with Crippen LogP contribution in [-0.4, -0.2) is 26.0 Å². The Morgan fingerprint density at radius 1 is 1.18 bits per heavy atom. The zero-order chi connectivity index (χ0) is 12.5. The average molecular weight is 234 g/mol. The summed E-state index contributed by atoms with van der Waals surface area (Å²) in [6, 6.07) is 9.37. The molecular formula is C13H18N2O2. The maximum Gasteiger partial charge on any atom is 0.174 e.